The number of furan rings is 1. The predicted molar refractivity (Wildman–Crippen MR) is 70.2 cm³/mol. The fourth-order valence-corrected chi connectivity index (χ4v) is 2.05. The Bertz CT molecular complexity index is 507. The molecule has 3 nitrogen and oxygen atoms in total. The molecule has 88 valence electrons. The molecule has 0 bridgehead atoms. The number of anilines is 1. The second kappa shape index (κ2) is 5.19. The van der Waals surface area contributed by atoms with Crippen LogP contribution in [0.4, 0.5) is 5.69 Å². The van der Waals surface area contributed by atoms with E-state index >= 15 is 0 Å². The highest BCUT2D eigenvalue weighted by molar-refractivity contribution is 9.10. The number of carbonyl (C=O) groups is 1. The minimum atomic E-state index is -0.0701. The van der Waals surface area contributed by atoms with Gasteiger partial charge in [0.2, 0.25) is 0 Å². The van der Waals surface area contributed by atoms with Crippen LogP contribution in [0.5, 0.6) is 0 Å². The molecule has 1 aromatic heterocycles. The third-order valence-electron chi connectivity index (χ3n) is 2.48. The maximum Gasteiger partial charge on any atom is 0.262 e. The van der Waals surface area contributed by atoms with E-state index in [0.29, 0.717) is 16.8 Å². The molecule has 1 amide bonds. The molecule has 2 aromatic rings. The van der Waals surface area contributed by atoms with Crippen LogP contribution in [0.1, 0.15) is 17.3 Å². The van der Waals surface area contributed by atoms with Gasteiger partial charge in [-0.25, -0.2) is 0 Å². The van der Waals surface area contributed by atoms with Gasteiger partial charge in [0.15, 0.2) is 4.67 Å². The molecule has 0 fully saturated rings. The van der Waals surface area contributed by atoms with Gasteiger partial charge in [0.05, 0.1) is 11.8 Å². The summed E-state index contributed by atoms with van der Waals surface area (Å²) in [6, 6.07) is 11.2. The van der Waals surface area contributed by atoms with Gasteiger partial charge in [-0.3, -0.25) is 4.79 Å². The number of amides is 1. The van der Waals surface area contributed by atoms with Crippen molar-refractivity contribution in [3.63, 3.8) is 0 Å². The number of nitrogens with zero attached hydrogens (tertiary/aromatic N) is 1. The fraction of sp³-hybridized carbons (Fsp3) is 0.154. The van der Waals surface area contributed by atoms with Gasteiger partial charge in [0.25, 0.3) is 5.91 Å². The molecule has 0 aliphatic carbocycles. The minimum absolute atomic E-state index is 0.0701. The van der Waals surface area contributed by atoms with Crippen LogP contribution in [0.15, 0.2) is 51.7 Å². The quantitative estimate of drug-likeness (QED) is 0.864. The van der Waals surface area contributed by atoms with E-state index in [4.69, 9.17) is 4.42 Å². The van der Waals surface area contributed by atoms with Gasteiger partial charge < -0.3 is 9.32 Å². The monoisotopic (exact) mass is 293 g/mol. The van der Waals surface area contributed by atoms with Crippen LogP contribution in [-0.4, -0.2) is 12.5 Å². The van der Waals surface area contributed by atoms with Gasteiger partial charge in [0, 0.05) is 12.2 Å². The first-order valence-corrected chi connectivity index (χ1v) is 6.13. The molecular formula is C13H12BrNO2. The number of para-hydroxylation sites is 1. The number of halogens is 1. The Morgan fingerprint density at radius 2 is 2.00 bits per heavy atom. The van der Waals surface area contributed by atoms with Crippen molar-refractivity contribution in [3.8, 4) is 0 Å². The van der Waals surface area contributed by atoms with E-state index in [0.717, 1.165) is 5.69 Å². The van der Waals surface area contributed by atoms with Crippen LogP contribution in [0.2, 0.25) is 0 Å². The Balaban J connectivity index is 2.32. The van der Waals surface area contributed by atoms with E-state index in [-0.39, 0.29) is 5.91 Å². The molecule has 1 aromatic carbocycles. The first-order chi connectivity index (χ1) is 8.24. The highest BCUT2D eigenvalue weighted by atomic mass is 79.9. The van der Waals surface area contributed by atoms with Gasteiger partial charge in [-0.1, -0.05) is 18.2 Å². The summed E-state index contributed by atoms with van der Waals surface area (Å²) in [5, 5.41) is 0. The molecule has 17 heavy (non-hydrogen) atoms. The fourth-order valence-electron chi connectivity index (χ4n) is 1.64. The molecule has 1 heterocycles. The van der Waals surface area contributed by atoms with Crippen molar-refractivity contribution in [1.29, 1.82) is 0 Å². The van der Waals surface area contributed by atoms with Crippen molar-refractivity contribution in [3.05, 3.63) is 52.9 Å². The maximum atomic E-state index is 12.3. The topological polar surface area (TPSA) is 33.5 Å². The average Bonchev–Trinajstić information content (AvgIpc) is 2.77. The van der Waals surface area contributed by atoms with Crippen molar-refractivity contribution in [2.24, 2.45) is 0 Å². The molecule has 0 aliphatic heterocycles. The van der Waals surface area contributed by atoms with Crippen molar-refractivity contribution in [2.75, 3.05) is 11.4 Å². The SMILES string of the molecule is CCN(C(=O)c1ccoc1Br)c1ccccc1. The zero-order chi connectivity index (χ0) is 12.3. The molecule has 0 atom stereocenters. The molecule has 0 radical (unpaired) electrons. The molecule has 4 heteroatoms. The van der Waals surface area contributed by atoms with Crippen LogP contribution in [0, 0.1) is 0 Å². The van der Waals surface area contributed by atoms with Gasteiger partial charge in [-0.2, -0.15) is 0 Å². The lowest BCUT2D eigenvalue weighted by molar-refractivity contribution is 0.0986. The van der Waals surface area contributed by atoms with Crippen molar-refractivity contribution >= 4 is 27.5 Å². The summed E-state index contributed by atoms with van der Waals surface area (Å²) in [6.45, 7) is 2.55. The second-order valence-electron chi connectivity index (χ2n) is 3.49. The normalized spacial score (nSPS) is 10.2. The summed E-state index contributed by atoms with van der Waals surface area (Å²) < 4.78 is 5.55. The van der Waals surface area contributed by atoms with Crippen LogP contribution in [-0.2, 0) is 0 Å². The summed E-state index contributed by atoms with van der Waals surface area (Å²) in [5.41, 5.74) is 1.42. The van der Waals surface area contributed by atoms with Crippen LogP contribution >= 0.6 is 15.9 Å². The molecule has 0 saturated heterocycles. The van der Waals surface area contributed by atoms with E-state index in [1.165, 1.54) is 6.26 Å². The predicted octanol–water partition coefficient (Wildman–Crippen LogP) is 3.71. The van der Waals surface area contributed by atoms with E-state index in [1.54, 1.807) is 11.0 Å². The molecule has 0 spiro atoms. The van der Waals surface area contributed by atoms with Crippen molar-refractivity contribution in [2.45, 2.75) is 6.92 Å². The molecule has 0 N–H and O–H groups in total. The highest BCUT2D eigenvalue weighted by Crippen LogP contribution is 2.22. The largest absolute Gasteiger partial charge is 0.457 e. The zero-order valence-corrected chi connectivity index (χ0v) is 11.0. The van der Waals surface area contributed by atoms with E-state index in [1.807, 2.05) is 37.3 Å². The molecule has 0 unspecified atom stereocenters. The minimum Gasteiger partial charge on any atom is -0.457 e. The summed E-state index contributed by atoms with van der Waals surface area (Å²) in [5.74, 6) is -0.0701. The number of rotatable bonds is 3. The number of hydrogen-bond acceptors (Lipinski definition) is 2. The average molecular weight is 294 g/mol. The zero-order valence-electron chi connectivity index (χ0n) is 9.39. The van der Waals surface area contributed by atoms with Crippen LogP contribution in [0.3, 0.4) is 0 Å². The summed E-state index contributed by atoms with van der Waals surface area (Å²) in [4.78, 5) is 14.0. The van der Waals surface area contributed by atoms with Gasteiger partial charge >= 0.3 is 0 Å². The Hall–Kier alpha value is -1.55. The molecule has 0 aliphatic rings. The lowest BCUT2D eigenvalue weighted by Gasteiger charge is -2.20. The van der Waals surface area contributed by atoms with Gasteiger partial charge in [0.1, 0.15) is 0 Å². The van der Waals surface area contributed by atoms with Crippen molar-refractivity contribution < 1.29 is 9.21 Å². The Morgan fingerprint density at radius 3 is 2.53 bits per heavy atom. The summed E-state index contributed by atoms with van der Waals surface area (Å²) in [7, 11) is 0. The summed E-state index contributed by atoms with van der Waals surface area (Å²) in [6.07, 6.45) is 1.50. The standard InChI is InChI=1S/C13H12BrNO2/c1-2-15(10-6-4-3-5-7-10)13(16)11-8-9-17-12(11)14/h3-9H,2H2,1H3. The first kappa shape index (κ1) is 11.9. The lowest BCUT2D eigenvalue weighted by Crippen LogP contribution is -2.30. The van der Waals surface area contributed by atoms with E-state index < -0.39 is 0 Å². The van der Waals surface area contributed by atoms with E-state index in [2.05, 4.69) is 15.9 Å². The highest BCUT2D eigenvalue weighted by Gasteiger charge is 2.19. The smallest absolute Gasteiger partial charge is 0.262 e. The Kier molecular flexibility index (Phi) is 3.64. The van der Waals surface area contributed by atoms with E-state index in [9.17, 15) is 4.79 Å². The lowest BCUT2D eigenvalue weighted by atomic mass is 10.2. The third-order valence-corrected chi connectivity index (χ3v) is 3.09. The van der Waals surface area contributed by atoms with Crippen LogP contribution in [0.25, 0.3) is 0 Å². The van der Waals surface area contributed by atoms with Gasteiger partial charge in [-0.15, -0.1) is 0 Å². The second-order valence-corrected chi connectivity index (χ2v) is 4.21. The Morgan fingerprint density at radius 1 is 1.29 bits per heavy atom. The van der Waals surface area contributed by atoms with Gasteiger partial charge in [-0.05, 0) is 41.1 Å². The summed E-state index contributed by atoms with van der Waals surface area (Å²) >= 11 is 3.22. The molecule has 2 rings (SSSR count). The van der Waals surface area contributed by atoms with Crippen LogP contribution < -0.4 is 4.90 Å². The molecular weight excluding hydrogens is 282 g/mol. The third kappa shape index (κ3) is 2.42. The van der Waals surface area contributed by atoms with Crippen molar-refractivity contribution in [1.82, 2.24) is 0 Å². The number of carbonyl (C=O) groups excluding carboxylic acids is 1. The number of benzene rings is 1. The maximum absolute atomic E-state index is 12.3. The number of hydrogen-bond donors (Lipinski definition) is 0. The first-order valence-electron chi connectivity index (χ1n) is 5.34. The molecule has 0 saturated carbocycles. The Labute approximate surface area is 108 Å².